The van der Waals surface area contributed by atoms with Gasteiger partial charge in [0.2, 0.25) is 10.0 Å². The monoisotopic (exact) mass is 672 g/mol. The van der Waals surface area contributed by atoms with Gasteiger partial charge in [-0.25, -0.2) is 17.9 Å². The highest BCUT2D eigenvalue weighted by molar-refractivity contribution is 7.90. The van der Waals surface area contributed by atoms with Crippen LogP contribution in [0, 0.1) is 11.8 Å². The zero-order chi connectivity index (χ0) is 32.7. The van der Waals surface area contributed by atoms with E-state index in [2.05, 4.69) is 9.62 Å². The number of fused-ring (bicyclic) bond motifs is 3. The van der Waals surface area contributed by atoms with E-state index in [1.807, 2.05) is 30.4 Å². The highest BCUT2D eigenvalue weighted by atomic mass is 35.5. The molecule has 0 aromatic heterocycles. The van der Waals surface area contributed by atoms with Crippen molar-refractivity contribution in [1.29, 1.82) is 0 Å². The number of nitrogens with one attached hydrogen (secondary N) is 1. The number of hydrogen-bond acceptors (Lipinski definition) is 8. The third-order valence-electron chi connectivity index (χ3n) is 9.40. The standard InChI is InChI=1S/C35H45ClN2O7S/c1-3-29-10-5-6-11-32(45-23-34(39)43-4-2)30-16-13-26(30)21-38-18-8-7-9-24-19-28(36)15-12-27(24)22-44-33-17-14-25(20-31(33)38)35(40)37-46(29,41)42/h6,11-12,14-15,17,19-20,26,29-30,32H,3-5,7-10,13,16,18,21-23H2,1-2H3,(H,37,40)/b11-6+/t26-,29+,30+,32-/m0/s1. The van der Waals surface area contributed by atoms with Crippen molar-refractivity contribution in [3.05, 3.63) is 70.3 Å². The van der Waals surface area contributed by atoms with Gasteiger partial charge in [-0.2, -0.15) is 0 Å². The first-order chi connectivity index (χ1) is 22.2. The minimum Gasteiger partial charge on any atom is -0.487 e. The molecule has 0 spiro atoms. The Morgan fingerprint density at radius 3 is 2.70 bits per heavy atom. The fourth-order valence-electron chi connectivity index (χ4n) is 6.67. The van der Waals surface area contributed by atoms with Crippen LogP contribution >= 0.6 is 11.6 Å². The van der Waals surface area contributed by atoms with E-state index in [9.17, 15) is 18.0 Å². The minimum absolute atomic E-state index is 0.140. The molecule has 2 aromatic rings. The molecule has 1 N–H and O–H groups in total. The molecule has 4 atom stereocenters. The van der Waals surface area contributed by atoms with Crippen LogP contribution in [0.3, 0.4) is 0 Å². The van der Waals surface area contributed by atoms with Gasteiger partial charge in [0.05, 0.1) is 23.6 Å². The molecule has 0 unspecified atom stereocenters. The molecule has 46 heavy (non-hydrogen) atoms. The van der Waals surface area contributed by atoms with Crippen LogP contribution in [-0.2, 0) is 37.3 Å². The number of ether oxygens (including phenoxy) is 3. The molecule has 11 heteroatoms. The highest BCUT2D eigenvalue weighted by Crippen LogP contribution is 2.42. The van der Waals surface area contributed by atoms with Crippen LogP contribution in [0.5, 0.6) is 5.75 Å². The number of carbonyl (C=O) groups excluding carboxylic acids is 2. The maximum absolute atomic E-state index is 13.4. The van der Waals surface area contributed by atoms with Crippen molar-refractivity contribution >= 4 is 39.2 Å². The van der Waals surface area contributed by atoms with Gasteiger partial charge in [-0.15, -0.1) is 0 Å². The molecule has 250 valence electrons. The first-order valence-electron chi connectivity index (χ1n) is 16.5. The van der Waals surface area contributed by atoms with Crippen LogP contribution in [0.1, 0.15) is 80.3 Å². The molecule has 1 fully saturated rings. The summed E-state index contributed by atoms with van der Waals surface area (Å²) in [4.78, 5) is 27.9. The number of sulfonamides is 1. The van der Waals surface area contributed by atoms with Gasteiger partial charge in [0.15, 0.2) is 0 Å². The first-order valence-corrected chi connectivity index (χ1v) is 18.4. The van der Waals surface area contributed by atoms with Crippen molar-refractivity contribution in [2.75, 3.05) is 31.2 Å². The lowest BCUT2D eigenvalue weighted by Crippen LogP contribution is -2.44. The first kappa shape index (κ1) is 34.3. The van der Waals surface area contributed by atoms with Gasteiger partial charge < -0.3 is 19.1 Å². The van der Waals surface area contributed by atoms with Crippen molar-refractivity contribution in [3.8, 4) is 5.75 Å². The van der Waals surface area contributed by atoms with E-state index < -0.39 is 27.1 Å². The predicted octanol–water partition coefficient (Wildman–Crippen LogP) is 6.22. The summed E-state index contributed by atoms with van der Waals surface area (Å²) < 4.78 is 46.7. The Balaban J connectivity index is 1.51. The molecule has 1 saturated carbocycles. The highest BCUT2D eigenvalue weighted by Gasteiger charge is 2.38. The van der Waals surface area contributed by atoms with Crippen molar-refractivity contribution < 1.29 is 32.2 Å². The number of hydrogen-bond donors (Lipinski definition) is 1. The van der Waals surface area contributed by atoms with Crippen molar-refractivity contribution in [3.63, 3.8) is 0 Å². The Morgan fingerprint density at radius 1 is 1.09 bits per heavy atom. The Morgan fingerprint density at radius 2 is 1.93 bits per heavy atom. The number of nitrogens with zero attached hydrogens (tertiary/aromatic N) is 1. The molecule has 2 heterocycles. The Bertz CT molecular complexity index is 1530. The van der Waals surface area contributed by atoms with Crippen LogP contribution < -0.4 is 14.4 Å². The van der Waals surface area contributed by atoms with E-state index in [0.29, 0.717) is 43.2 Å². The summed E-state index contributed by atoms with van der Waals surface area (Å²) in [6, 6.07) is 11.0. The van der Waals surface area contributed by atoms with Crippen LogP contribution in [0.4, 0.5) is 5.69 Å². The predicted molar refractivity (Wildman–Crippen MR) is 179 cm³/mol. The van der Waals surface area contributed by atoms with Crippen molar-refractivity contribution in [1.82, 2.24) is 4.72 Å². The molecule has 0 saturated heterocycles. The van der Waals surface area contributed by atoms with Crippen molar-refractivity contribution in [2.45, 2.75) is 83.2 Å². The molecule has 2 aromatic carbocycles. The molecule has 1 amide bonds. The summed E-state index contributed by atoms with van der Waals surface area (Å²) in [6.07, 6.45) is 9.50. The Kier molecular flexibility index (Phi) is 11.7. The zero-order valence-corrected chi connectivity index (χ0v) is 28.3. The van der Waals surface area contributed by atoms with Gasteiger partial charge in [0.25, 0.3) is 5.91 Å². The van der Waals surface area contributed by atoms with Gasteiger partial charge in [0, 0.05) is 23.7 Å². The number of carbonyl (C=O) groups is 2. The van der Waals surface area contributed by atoms with Gasteiger partial charge in [-0.3, -0.25) is 4.79 Å². The number of halogens is 1. The molecular formula is C35H45ClN2O7S. The van der Waals surface area contributed by atoms with Crippen molar-refractivity contribution in [2.24, 2.45) is 11.8 Å². The third-order valence-corrected chi connectivity index (χ3v) is 11.6. The second kappa shape index (κ2) is 15.7. The summed E-state index contributed by atoms with van der Waals surface area (Å²) in [5, 5.41) is -0.0431. The molecule has 9 nitrogen and oxygen atoms in total. The number of benzene rings is 2. The lowest BCUT2D eigenvalue weighted by Gasteiger charge is -2.44. The lowest BCUT2D eigenvalue weighted by molar-refractivity contribution is -0.151. The van der Waals surface area contributed by atoms with Crippen LogP contribution in [0.15, 0.2) is 48.6 Å². The number of rotatable bonds is 5. The topological polar surface area (TPSA) is 111 Å². The number of anilines is 1. The number of amides is 1. The van der Waals surface area contributed by atoms with E-state index >= 15 is 0 Å². The summed E-state index contributed by atoms with van der Waals surface area (Å²) in [5.41, 5.74) is 3.24. The van der Waals surface area contributed by atoms with Gasteiger partial charge in [-0.05, 0) is 112 Å². The minimum atomic E-state index is -3.93. The van der Waals surface area contributed by atoms with E-state index in [0.717, 1.165) is 55.5 Å². The second-order valence-electron chi connectivity index (χ2n) is 12.4. The lowest BCUT2D eigenvalue weighted by atomic mass is 9.70. The van der Waals surface area contributed by atoms with E-state index in [1.165, 1.54) is 0 Å². The van der Waals surface area contributed by atoms with E-state index in [1.54, 1.807) is 32.0 Å². The number of aryl methyl sites for hydroxylation is 1. The van der Waals surface area contributed by atoms with Crippen LogP contribution in [0.2, 0.25) is 5.02 Å². The summed E-state index contributed by atoms with van der Waals surface area (Å²) in [5.74, 6) is 0.0252. The summed E-state index contributed by atoms with van der Waals surface area (Å²) in [7, 11) is -3.93. The number of esters is 1. The smallest absolute Gasteiger partial charge is 0.332 e. The quantitative estimate of drug-likeness (QED) is 0.294. The SMILES string of the molecule is CCOC(=O)CO[C@H]1/C=C/CC[C@@H](CC)S(=O)(=O)NC(=O)c2ccc3c(c2)N(CCCCc2cc(Cl)ccc2CO3)C[C@@H]2CC[C@H]21. The molecular weight excluding hydrogens is 628 g/mol. The van der Waals surface area contributed by atoms with Gasteiger partial charge in [0.1, 0.15) is 19.0 Å². The Labute approximate surface area is 277 Å². The van der Waals surface area contributed by atoms with E-state index in [4.69, 9.17) is 25.8 Å². The number of allylic oxidation sites excluding steroid dienone is 1. The fraction of sp³-hybridized carbons (Fsp3) is 0.543. The van der Waals surface area contributed by atoms with Gasteiger partial charge in [-0.1, -0.05) is 36.7 Å². The molecule has 2 bridgehead atoms. The molecule has 5 rings (SSSR count). The third kappa shape index (κ3) is 8.44. The fourth-order valence-corrected chi connectivity index (χ4v) is 8.29. The largest absolute Gasteiger partial charge is 0.487 e. The molecule has 1 aliphatic carbocycles. The zero-order valence-electron chi connectivity index (χ0n) is 26.7. The summed E-state index contributed by atoms with van der Waals surface area (Å²) in [6.45, 7) is 5.48. The maximum Gasteiger partial charge on any atom is 0.332 e. The second-order valence-corrected chi connectivity index (χ2v) is 14.8. The van der Waals surface area contributed by atoms with Crippen LogP contribution in [0.25, 0.3) is 0 Å². The van der Waals surface area contributed by atoms with Crippen LogP contribution in [-0.4, -0.2) is 58.0 Å². The normalized spacial score (nSPS) is 25.7. The molecule has 2 aliphatic heterocycles. The Hall–Kier alpha value is -3.08. The average molecular weight is 673 g/mol. The summed E-state index contributed by atoms with van der Waals surface area (Å²) >= 11 is 6.33. The average Bonchev–Trinajstić information content (AvgIpc) is 3.04. The molecule has 3 aliphatic rings. The maximum atomic E-state index is 13.4. The molecule has 0 radical (unpaired) electrons. The van der Waals surface area contributed by atoms with Gasteiger partial charge >= 0.3 is 5.97 Å². The van der Waals surface area contributed by atoms with E-state index in [-0.39, 0.29) is 36.7 Å².